The lowest BCUT2D eigenvalue weighted by molar-refractivity contribution is -0.137. The summed E-state index contributed by atoms with van der Waals surface area (Å²) in [5.74, 6) is -0.867. The van der Waals surface area contributed by atoms with Crippen molar-refractivity contribution >= 4 is 38.4 Å². The van der Waals surface area contributed by atoms with Gasteiger partial charge in [-0.25, -0.2) is 8.42 Å². The summed E-state index contributed by atoms with van der Waals surface area (Å²) in [6.07, 6.45) is -3.12. The van der Waals surface area contributed by atoms with Gasteiger partial charge in [-0.15, -0.1) is 0 Å². The van der Waals surface area contributed by atoms with E-state index in [2.05, 4.69) is 4.99 Å². The molecule has 3 aliphatic rings. The van der Waals surface area contributed by atoms with E-state index in [1.54, 1.807) is 0 Å². The number of hydrogen-bond acceptors (Lipinski definition) is 4. The van der Waals surface area contributed by atoms with Crippen LogP contribution in [0.4, 0.5) is 18.9 Å². The minimum absolute atomic E-state index is 0.121. The Morgan fingerprint density at radius 2 is 1.88 bits per heavy atom. The zero-order chi connectivity index (χ0) is 18.7. The Balaban J connectivity index is 1.80. The zero-order valence-electron chi connectivity index (χ0n) is 13.4. The summed E-state index contributed by atoms with van der Waals surface area (Å²) in [5, 5.41) is -0.254. The molecule has 2 saturated heterocycles. The van der Waals surface area contributed by atoms with Crippen LogP contribution in [0.15, 0.2) is 29.3 Å². The standard InChI is InChI=1S/C16H15F3N2O3S2/c17-16(18,19)10-3-1-2-4-11(10)21-12-7-26(23,24)8-13(12)25-15(21)20-14(22)9-5-6-9/h1-4,9,12-13H,5-8H2/t12-,13-/m0/s1. The number of amides is 1. The van der Waals surface area contributed by atoms with Gasteiger partial charge in [0.15, 0.2) is 15.0 Å². The van der Waals surface area contributed by atoms with Crippen LogP contribution in [0.5, 0.6) is 0 Å². The van der Waals surface area contributed by atoms with Crippen LogP contribution in [-0.2, 0) is 20.8 Å². The number of benzene rings is 1. The Kier molecular flexibility index (Phi) is 4.11. The van der Waals surface area contributed by atoms with E-state index < -0.39 is 32.9 Å². The van der Waals surface area contributed by atoms with Crippen LogP contribution in [-0.4, -0.2) is 42.3 Å². The summed E-state index contributed by atoms with van der Waals surface area (Å²) in [6, 6.07) is 4.35. The van der Waals surface area contributed by atoms with Crippen molar-refractivity contribution in [1.82, 2.24) is 0 Å². The quantitative estimate of drug-likeness (QED) is 0.758. The van der Waals surface area contributed by atoms with E-state index >= 15 is 0 Å². The first-order valence-corrected chi connectivity index (χ1v) is 10.8. The maximum absolute atomic E-state index is 13.5. The molecule has 4 rings (SSSR count). The second kappa shape index (κ2) is 5.98. The summed E-state index contributed by atoms with van der Waals surface area (Å²) in [4.78, 5) is 17.5. The van der Waals surface area contributed by atoms with E-state index in [9.17, 15) is 26.4 Å². The average Bonchev–Trinajstić information content (AvgIpc) is 3.27. The van der Waals surface area contributed by atoms with Crippen LogP contribution in [0, 0.1) is 5.92 Å². The van der Waals surface area contributed by atoms with E-state index in [-0.39, 0.29) is 34.2 Å². The zero-order valence-corrected chi connectivity index (χ0v) is 15.1. The SMILES string of the molecule is O=C(N=C1S[C@H]2CS(=O)(=O)C[C@@H]2N1c1ccccc1C(F)(F)F)C1CC1. The van der Waals surface area contributed by atoms with Gasteiger partial charge in [-0.1, -0.05) is 23.9 Å². The summed E-state index contributed by atoms with van der Waals surface area (Å²) in [5.41, 5.74) is -1.02. The topological polar surface area (TPSA) is 66.8 Å². The molecule has 140 valence electrons. The first-order chi connectivity index (χ1) is 12.2. The number of carbonyl (C=O) groups excluding carboxylic acids is 1. The largest absolute Gasteiger partial charge is 0.418 e. The number of fused-ring (bicyclic) bond motifs is 1. The van der Waals surface area contributed by atoms with Crippen molar-refractivity contribution < 1.29 is 26.4 Å². The number of nitrogens with zero attached hydrogens (tertiary/aromatic N) is 2. The van der Waals surface area contributed by atoms with Gasteiger partial charge in [0.2, 0.25) is 0 Å². The van der Waals surface area contributed by atoms with Crippen LogP contribution < -0.4 is 4.90 Å². The number of thioether (sulfide) groups is 1. The molecular formula is C16H15F3N2O3S2. The third kappa shape index (κ3) is 3.24. The monoisotopic (exact) mass is 404 g/mol. The molecule has 26 heavy (non-hydrogen) atoms. The number of carbonyl (C=O) groups is 1. The molecule has 3 fully saturated rings. The molecular weight excluding hydrogens is 389 g/mol. The lowest BCUT2D eigenvalue weighted by atomic mass is 10.1. The lowest BCUT2D eigenvalue weighted by Crippen LogP contribution is -2.39. The van der Waals surface area contributed by atoms with Crippen LogP contribution in [0.25, 0.3) is 0 Å². The van der Waals surface area contributed by atoms with Gasteiger partial charge in [0.1, 0.15) is 0 Å². The van der Waals surface area contributed by atoms with Gasteiger partial charge in [-0.3, -0.25) is 4.79 Å². The smallest absolute Gasteiger partial charge is 0.315 e. The summed E-state index contributed by atoms with van der Waals surface area (Å²) in [7, 11) is -3.33. The van der Waals surface area contributed by atoms with E-state index in [1.165, 1.54) is 23.1 Å². The molecule has 5 nitrogen and oxygen atoms in total. The van der Waals surface area contributed by atoms with Crippen molar-refractivity contribution in [3.8, 4) is 0 Å². The molecule has 2 aliphatic heterocycles. The highest BCUT2D eigenvalue weighted by Gasteiger charge is 2.51. The molecule has 0 unspecified atom stereocenters. The van der Waals surface area contributed by atoms with Crippen molar-refractivity contribution in [3.05, 3.63) is 29.8 Å². The number of rotatable bonds is 2. The number of amidine groups is 1. The fourth-order valence-electron chi connectivity index (χ4n) is 3.29. The van der Waals surface area contributed by atoms with Gasteiger partial charge >= 0.3 is 6.18 Å². The average molecular weight is 404 g/mol. The molecule has 0 bridgehead atoms. The Hall–Kier alpha value is -1.55. The lowest BCUT2D eigenvalue weighted by Gasteiger charge is -2.27. The maximum atomic E-state index is 13.5. The Labute approximate surface area is 152 Å². The summed E-state index contributed by atoms with van der Waals surface area (Å²) < 4.78 is 64.4. The van der Waals surface area contributed by atoms with Crippen LogP contribution in [0.3, 0.4) is 0 Å². The highest BCUT2D eigenvalue weighted by Crippen LogP contribution is 2.45. The van der Waals surface area contributed by atoms with Crippen molar-refractivity contribution in [2.45, 2.75) is 30.3 Å². The number of para-hydroxylation sites is 1. The first kappa shape index (κ1) is 17.8. The molecule has 0 N–H and O–H groups in total. The Bertz CT molecular complexity index is 894. The number of anilines is 1. The molecule has 1 aromatic rings. The molecule has 2 atom stereocenters. The third-order valence-corrected chi connectivity index (χ3v) is 7.88. The summed E-state index contributed by atoms with van der Waals surface area (Å²) >= 11 is 1.09. The van der Waals surface area contributed by atoms with Crippen molar-refractivity contribution in [2.24, 2.45) is 10.9 Å². The Morgan fingerprint density at radius 3 is 2.54 bits per heavy atom. The molecule has 1 aromatic carbocycles. The van der Waals surface area contributed by atoms with Gasteiger partial charge in [-0.05, 0) is 25.0 Å². The fourth-order valence-corrected chi connectivity index (χ4v) is 7.20. The van der Waals surface area contributed by atoms with E-state index in [0.29, 0.717) is 0 Å². The predicted molar refractivity (Wildman–Crippen MR) is 92.9 cm³/mol. The van der Waals surface area contributed by atoms with Crippen molar-refractivity contribution in [1.29, 1.82) is 0 Å². The molecule has 0 radical (unpaired) electrons. The summed E-state index contributed by atoms with van der Waals surface area (Å²) in [6.45, 7) is 0. The fraction of sp³-hybridized carbons (Fsp3) is 0.500. The number of sulfone groups is 1. The van der Waals surface area contributed by atoms with Gasteiger partial charge in [0, 0.05) is 11.2 Å². The number of aliphatic imine (C=N–C) groups is 1. The minimum atomic E-state index is -4.59. The van der Waals surface area contributed by atoms with Crippen LogP contribution in [0.2, 0.25) is 0 Å². The molecule has 1 aliphatic carbocycles. The second-order valence-electron chi connectivity index (χ2n) is 6.69. The molecule has 0 spiro atoms. The molecule has 1 amide bonds. The maximum Gasteiger partial charge on any atom is 0.418 e. The van der Waals surface area contributed by atoms with Crippen LogP contribution >= 0.6 is 11.8 Å². The normalized spacial score (nSPS) is 29.2. The molecule has 1 saturated carbocycles. The van der Waals surface area contributed by atoms with Gasteiger partial charge in [0.05, 0.1) is 28.8 Å². The molecule has 0 aromatic heterocycles. The minimum Gasteiger partial charge on any atom is -0.315 e. The van der Waals surface area contributed by atoms with E-state index in [1.807, 2.05) is 0 Å². The van der Waals surface area contributed by atoms with Gasteiger partial charge in [0.25, 0.3) is 5.91 Å². The first-order valence-electron chi connectivity index (χ1n) is 8.11. The number of hydrogen-bond donors (Lipinski definition) is 0. The molecule has 2 heterocycles. The highest BCUT2D eigenvalue weighted by molar-refractivity contribution is 8.16. The number of alkyl halides is 3. The highest BCUT2D eigenvalue weighted by atomic mass is 32.2. The van der Waals surface area contributed by atoms with Crippen molar-refractivity contribution in [2.75, 3.05) is 16.4 Å². The van der Waals surface area contributed by atoms with E-state index in [4.69, 9.17) is 0 Å². The predicted octanol–water partition coefficient (Wildman–Crippen LogP) is 2.72. The molecule has 10 heteroatoms. The van der Waals surface area contributed by atoms with Crippen LogP contribution in [0.1, 0.15) is 18.4 Å². The van der Waals surface area contributed by atoms with Gasteiger partial charge in [-0.2, -0.15) is 18.2 Å². The number of halogens is 3. The van der Waals surface area contributed by atoms with Crippen molar-refractivity contribution in [3.63, 3.8) is 0 Å². The van der Waals surface area contributed by atoms with Gasteiger partial charge < -0.3 is 4.90 Å². The van der Waals surface area contributed by atoms with E-state index in [0.717, 1.165) is 30.7 Å². The second-order valence-corrected chi connectivity index (χ2v) is 10.1. The Morgan fingerprint density at radius 1 is 1.19 bits per heavy atom. The third-order valence-electron chi connectivity index (χ3n) is 4.67.